The quantitative estimate of drug-likeness (QED) is 0.268. The van der Waals surface area contributed by atoms with Crippen LogP contribution in [0.4, 0.5) is 10.1 Å². The number of ether oxygens (including phenoxy) is 2. The number of rotatable bonds is 8. The molecule has 2 amide bonds. The number of benzene rings is 3. The van der Waals surface area contributed by atoms with Gasteiger partial charge in [-0.2, -0.15) is 0 Å². The number of hydrogen-bond donors (Lipinski definition) is 1. The van der Waals surface area contributed by atoms with Crippen molar-refractivity contribution in [3.63, 3.8) is 0 Å². The number of likely N-dealkylation sites (tertiary alicyclic amines) is 1. The molecular weight excluding hydrogens is 509 g/mol. The fourth-order valence-electron chi connectivity index (χ4n) is 5.06. The Morgan fingerprint density at radius 1 is 1.05 bits per heavy atom. The third-order valence-electron chi connectivity index (χ3n) is 7.12. The molecule has 7 nitrogen and oxygen atoms in total. The number of carbonyl (C=O) groups is 2. The van der Waals surface area contributed by atoms with E-state index in [-0.39, 0.29) is 29.9 Å². The average Bonchev–Trinajstić information content (AvgIpc) is 2.98. The monoisotopic (exact) mass is 539 g/mol. The molecular formula is C32H30FN3O4. The largest absolute Gasteiger partial charge is 0.496 e. The lowest BCUT2D eigenvalue weighted by Crippen LogP contribution is -2.36. The maximum absolute atomic E-state index is 15.1. The molecule has 1 aromatic heterocycles. The summed E-state index contributed by atoms with van der Waals surface area (Å²) in [6, 6.07) is 19.2. The molecule has 1 aliphatic heterocycles. The summed E-state index contributed by atoms with van der Waals surface area (Å²) in [4.78, 5) is 30.7. The number of piperidine rings is 1. The van der Waals surface area contributed by atoms with Crippen molar-refractivity contribution in [3.05, 3.63) is 103 Å². The Balaban J connectivity index is 1.35. The van der Waals surface area contributed by atoms with Gasteiger partial charge in [-0.05, 0) is 60.2 Å². The van der Waals surface area contributed by atoms with Crippen LogP contribution in [0.1, 0.15) is 29.9 Å². The third-order valence-corrected chi connectivity index (χ3v) is 7.12. The second kappa shape index (κ2) is 12.0. The second-order valence-corrected chi connectivity index (χ2v) is 9.68. The van der Waals surface area contributed by atoms with Gasteiger partial charge >= 0.3 is 0 Å². The average molecular weight is 540 g/mol. The fourth-order valence-corrected chi connectivity index (χ4v) is 5.06. The van der Waals surface area contributed by atoms with Gasteiger partial charge in [0.1, 0.15) is 11.5 Å². The number of nitrogens with zero attached hydrogens (tertiary/aromatic N) is 2. The number of nitrogens with one attached hydrogen (secondary N) is 1. The van der Waals surface area contributed by atoms with E-state index in [0.717, 1.165) is 29.4 Å². The van der Waals surface area contributed by atoms with Gasteiger partial charge in [0.25, 0.3) is 0 Å². The Hall–Kier alpha value is -4.72. The summed E-state index contributed by atoms with van der Waals surface area (Å²) in [5, 5.41) is 3.46. The van der Waals surface area contributed by atoms with Crippen molar-refractivity contribution >= 4 is 28.4 Å². The van der Waals surface area contributed by atoms with E-state index in [1.54, 1.807) is 30.3 Å². The predicted octanol–water partition coefficient (Wildman–Crippen LogP) is 6.25. The van der Waals surface area contributed by atoms with Crippen LogP contribution in [-0.4, -0.2) is 41.9 Å². The Morgan fingerprint density at radius 3 is 2.52 bits per heavy atom. The first-order chi connectivity index (χ1) is 19.4. The molecule has 40 heavy (non-hydrogen) atoms. The highest BCUT2D eigenvalue weighted by Crippen LogP contribution is 2.40. The highest BCUT2D eigenvalue weighted by atomic mass is 19.1. The van der Waals surface area contributed by atoms with E-state index in [9.17, 15) is 9.59 Å². The standard InChI is InChI=1S/C32H30FN3O4/c1-3-32(38)36-15-12-22(13-16-36)24-19-25-27(20-30(24)39-2)34-14-11-28(25)40-29-10-9-23(18-26(29)33)35-31(37)17-21-7-5-4-6-8-21/h3-11,14,18-20,22H,1,12-13,15-17H2,2H3,(H,35,37). The first kappa shape index (κ1) is 26.9. The lowest BCUT2D eigenvalue weighted by atomic mass is 9.87. The van der Waals surface area contributed by atoms with Crippen LogP contribution in [0.15, 0.2) is 85.6 Å². The summed E-state index contributed by atoms with van der Waals surface area (Å²) in [5.41, 5.74) is 2.87. The number of halogens is 1. The first-order valence-electron chi connectivity index (χ1n) is 13.1. The molecule has 0 radical (unpaired) electrons. The number of pyridine rings is 1. The lowest BCUT2D eigenvalue weighted by molar-refractivity contribution is -0.127. The molecule has 1 fully saturated rings. The smallest absolute Gasteiger partial charge is 0.245 e. The van der Waals surface area contributed by atoms with Crippen molar-refractivity contribution in [1.29, 1.82) is 0 Å². The van der Waals surface area contributed by atoms with Gasteiger partial charge in [0, 0.05) is 42.5 Å². The summed E-state index contributed by atoms with van der Waals surface area (Å²) >= 11 is 0. The van der Waals surface area contributed by atoms with Gasteiger partial charge in [0.2, 0.25) is 11.8 Å². The molecule has 3 aromatic carbocycles. The van der Waals surface area contributed by atoms with E-state index < -0.39 is 5.82 Å². The van der Waals surface area contributed by atoms with Crippen LogP contribution >= 0.6 is 0 Å². The number of aromatic nitrogens is 1. The van der Waals surface area contributed by atoms with Gasteiger partial charge in [0.15, 0.2) is 11.6 Å². The predicted molar refractivity (Wildman–Crippen MR) is 152 cm³/mol. The minimum Gasteiger partial charge on any atom is -0.496 e. The highest BCUT2D eigenvalue weighted by Gasteiger charge is 2.26. The minimum atomic E-state index is -0.601. The Kier molecular flexibility index (Phi) is 8.05. The molecule has 5 rings (SSSR count). The molecule has 0 saturated carbocycles. The van der Waals surface area contributed by atoms with Gasteiger partial charge in [-0.15, -0.1) is 0 Å². The molecule has 1 N–H and O–H groups in total. The molecule has 1 aliphatic rings. The summed E-state index contributed by atoms with van der Waals surface area (Å²) in [7, 11) is 1.62. The SMILES string of the molecule is C=CC(=O)N1CCC(c2cc3c(Oc4ccc(NC(=O)Cc5ccccc5)cc4F)ccnc3cc2OC)CC1. The molecule has 0 aliphatic carbocycles. The Bertz CT molecular complexity index is 1550. The number of methoxy groups -OCH3 is 1. The van der Waals surface area contributed by atoms with E-state index in [4.69, 9.17) is 9.47 Å². The number of hydrogen-bond acceptors (Lipinski definition) is 5. The number of anilines is 1. The summed E-state index contributed by atoms with van der Waals surface area (Å²) in [5.74, 6) is 0.475. The van der Waals surface area contributed by atoms with Crippen molar-refractivity contribution < 1.29 is 23.5 Å². The van der Waals surface area contributed by atoms with Crippen LogP contribution in [-0.2, 0) is 16.0 Å². The van der Waals surface area contributed by atoms with E-state index in [2.05, 4.69) is 16.9 Å². The van der Waals surface area contributed by atoms with Crippen molar-refractivity contribution in [2.24, 2.45) is 0 Å². The fraction of sp³-hybridized carbons (Fsp3) is 0.219. The van der Waals surface area contributed by atoms with Crippen molar-refractivity contribution in [1.82, 2.24) is 9.88 Å². The first-order valence-corrected chi connectivity index (χ1v) is 13.1. The summed E-state index contributed by atoms with van der Waals surface area (Å²) in [6.45, 7) is 4.84. The van der Waals surface area contributed by atoms with E-state index in [0.29, 0.717) is 35.8 Å². The molecule has 1 saturated heterocycles. The number of fused-ring (bicyclic) bond motifs is 1. The lowest BCUT2D eigenvalue weighted by Gasteiger charge is -2.32. The zero-order valence-electron chi connectivity index (χ0n) is 22.2. The molecule has 0 atom stereocenters. The zero-order chi connectivity index (χ0) is 28.1. The normalized spacial score (nSPS) is 13.6. The topological polar surface area (TPSA) is 80.8 Å². The third kappa shape index (κ3) is 5.96. The Labute approximate surface area is 232 Å². The van der Waals surface area contributed by atoms with Crippen molar-refractivity contribution in [2.75, 3.05) is 25.5 Å². The minimum absolute atomic E-state index is 0.0298. The van der Waals surface area contributed by atoms with Gasteiger partial charge in [-0.25, -0.2) is 4.39 Å². The van der Waals surface area contributed by atoms with Crippen LogP contribution in [0.2, 0.25) is 0 Å². The van der Waals surface area contributed by atoms with Crippen LogP contribution in [0, 0.1) is 5.82 Å². The van der Waals surface area contributed by atoms with E-state index >= 15 is 4.39 Å². The molecule has 8 heteroatoms. The summed E-state index contributed by atoms with van der Waals surface area (Å²) in [6.07, 6.45) is 4.70. The van der Waals surface area contributed by atoms with Gasteiger partial charge < -0.3 is 19.7 Å². The molecule has 0 unspecified atom stereocenters. The zero-order valence-corrected chi connectivity index (χ0v) is 22.2. The van der Waals surface area contributed by atoms with Crippen LogP contribution in [0.5, 0.6) is 17.2 Å². The summed E-state index contributed by atoms with van der Waals surface area (Å²) < 4.78 is 26.8. The van der Waals surface area contributed by atoms with Crippen LogP contribution in [0.3, 0.4) is 0 Å². The van der Waals surface area contributed by atoms with Crippen molar-refractivity contribution in [3.8, 4) is 17.2 Å². The van der Waals surface area contributed by atoms with Gasteiger partial charge in [-0.1, -0.05) is 36.9 Å². The second-order valence-electron chi connectivity index (χ2n) is 9.68. The van der Waals surface area contributed by atoms with E-state index in [1.807, 2.05) is 42.5 Å². The number of carbonyl (C=O) groups excluding carboxylic acids is 2. The molecule has 0 spiro atoms. The molecule has 4 aromatic rings. The molecule has 0 bridgehead atoms. The molecule has 204 valence electrons. The van der Waals surface area contributed by atoms with Gasteiger partial charge in [-0.3, -0.25) is 14.6 Å². The van der Waals surface area contributed by atoms with E-state index in [1.165, 1.54) is 18.2 Å². The maximum atomic E-state index is 15.1. The van der Waals surface area contributed by atoms with Crippen LogP contribution < -0.4 is 14.8 Å². The maximum Gasteiger partial charge on any atom is 0.245 e. The van der Waals surface area contributed by atoms with Crippen molar-refractivity contribution in [2.45, 2.75) is 25.2 Å². The molecule has 2 heterocycles. The number of amides is 2. The highest BCUT2D eigenvalue weighted by molar-refractivity contribution is 5.92. The van der Waals surface area contributed by atoms with Gasteiger partial charge in [0.05, 0.1) is 19.0 Å². The van der Waals surface area contributed by atoms with Crippen LogP contribution in [0.25, 0.3) is 10.9 Å². The Morgan fingerprint density at radius 2 is 1.82 bits per heavy atom.